The Balaban J connectivity index is 1.32. The van der Waals surface area contributed by atoms with Crippen molar-refractivity contribution in [1.82, 2.24) is 15.5 Å². The van der Waals surface area contributed by atoms with Gasteiger partial charge in [-0.1, -0.05) is 33.6 Å². The van der Waals surface area contributed by atoms with Crippen molar-refractivity contribution in [3.8, 4) is 0 Å². The molecule has 6 nitrogen and oxygen atoms in total. The molecule has 1 heterocycles. The summed E-state index contributed by atoms with van der Waals surface area (Å²) in [5, 5.41) is 6.04. The molecule has 4 unspecified atom stereocenters. The summed E-state index contributed by atoms with van der Waals surface area (Å²) in [5.74, 6) is 2.25. The van der Waals surface area contributed by atoms with Crippen molar-refractivity contribution in [2.45, 2.75) is 97.1 Å². The molecule has 2 bridgehead atoms. The van der Waals surface area contributed by atoms with Crippen molar-refractivity contribution in [3.05, 3.63) is 0 Å². The zero-order valence-electron chi connectivity index (χ0n) is 19.1. The first-order valence-corrected chi connectivity index (χ1v) is 12.1. The third kappa shape index (κ3) is 3.75. The normalized spacial score (nSPS) is 37.0. The van der Waals surface area contributed by atoms with Crippen LogP contribution in [0.4, 0.5) is 4.79 Å². The minimum atomic E-state index is -0.798. The molecule has 4 amide bonds. The molecule has 30 heavy (non-hydrogen) atoms. The Kier molecular flexibility index (Phi) is 5.65. The number of imide groups is 1. The van der Waals surface area contributed by atoms with E-state index in [9.17, 15) is 14.4 Å². The van der Waals surface area contributed by atoms with E-state index >= 15 is 0 Å². The highest BCUT2D eigenvalue weighted by atomic mass is 16.2. The Hall–Kier alpha value is -1.59. The van der Waals surface area contributed by atoms with Crippen molar-refractivity contribution in [1.29, 1.82) is 0 Å². The second-order valence-corrected chi connectivity index (χ2v) is 11.2. The summed E-state index contributed by atoms with van der Waals surface area (Å²) < 4.78 is 0. The van der Waals surface area contributed by atoms with Crippen molar-refractivity contribution < 1.29 is 14.4 Å². The van der Waals surface area contributed by atoms with E-state index in [0.717, 1.165) is 36.0 Å². The van der Waals surface area contributed by atoms with Gasteiger partial charge >= 0.3 is 6.03 Å². The van der Waals surface area contributed by atoms with Gasteiger partial charge in [-0.3, -0.25) is 14.5 Å². The summed E-state index contributed by atoms with van der Waals surface area (Å²) in [6, 6.07) is -0.301. The standard InChI is InChI=1S/C24H39N3O3/c1-5-23(3,4)18-8-10-24(11-9-18)21(29)27(22(30)26-24)14-20(28)25-15(2)19-13-16-6-7-17(19)12-16/h15-19H,5-14H2,1-4H3,(H,25,28)(H,26,30). The highest BCUT2D eigenvalue weighted by Gasteiger charge is 2.54. The topological polar surface area (TPSA) is 78.5 Å². The molecule has 4 atom stereocenters. The van der Waals surface area contributed by atoms with E-state index in [1.807, 2.05) is 0 Å². The SMILES string of the molecule is CCC(C)(C)C1CCC2(CC1)NC(=O)N(CC(=O)NC(C)C1CC3CCC1C3)C2=O. The van der Waals surface area contributed by atoms with Crippen LogP contribution in [0.3, 0.4) is 0 Å². The second-order valence-electron chi connectivity index (χ2n) is 11.2. The summed E-state index contributed by atoms with van der Waals surface area (Å²) in [6.45, 7) is 8.71. The lowest BCUT2D eigenvalue weighted by Gasteiger charge is -2.42. The lowest BCUT2D eigenvalue weighted by atomic mass is 9.65. The van der Waals surface area contributed by atoms with Gasteiger partial charge in [0.05, 0.1) is 0 Å². The summed E-state index contributed by atoms with van der Waals surface area (Å²) in [7, 11) is 0. The van der Waals surface area contributed by atoms with E-state index in [4.69, 9.17) is 0 Å². The van der Waals surface area contributed by atoms with Gasteiger partial charge in [0.2, 0.25) is 5.91 Å². The molecule has 4 fully saturated rings. The van der Waals surface area contributed by atoms with Crippen LogP contribution in [0.2, 0.25) is 0 Å². The van der Waals surface area contributed by atoms with Gasteiger partial charge in [0.1, 0.15) is 12.1 Å². The first kappa shape index (κ1) is 21.6. The minimum Gasteiger partial charge on any atom is -0.352 e. The average Bonchev–Trinajstić information content (AvgIpc) is 3.40. The van der Waals surface area contributed by atoms with Crippen LogP contribution in [-0.4, -0.2) is 40.9 Å². The van der Waals surface area contributed by atoms with Crippen LogP contribution in [0.1, 0.15) is 85.5 Å². The van der Waals surface area contributed by atoms with E-state index < -0.39 is 11.6 Å². The van der Waals surface area contributed by atoms with E-state index in [2.05, 4.69) is 38.3 Å². The molecule has 3 saturated carbocycles. The van der Waals surface area contributed by atoms with Crippen molar-refractivity contribution in [3.63, 3.8) is 0 Å². The minimum absolute atomic E-state index is 0.106. The fraction of sp³-hybridized carbons (Fsp3) is 0.875. The number of nitrogens with zero attached hydrogens (tertiary/aromatic N) is 1. The largest absolute Gasteiger partial charge is 0.352 e. The molecule has 0 aromatic heterocycles. The number of carbonyl (C=O) groups is 3. The maximum absolute atomic E-state index is 13.2. The molecule has 4 aliphatic rings. The Morgan fingerprint density at radius 2 is 1.90 bits per heavy atom. The van der Waals surface area contributed by atoms with Crippen LogP contribution in [0, 0.1) is 29.1 Å². The van der Waals surface area contributed by atoms with Gasteiger partial charge < -0.3 is 10.6 Å². The molecular formula is C24H39N3O3. The highest BCUT2D eigenvalue weighted by molar-refractivity contribution is 6.09. The van der Waals surface area contributed by atoms with Crippen molar-refractivity contribution >= 4 is 17.8 Å². The number of fused-ring (bicyclic) bond motifs is 2. The first-order chi connectivity index (χ1) is 14.1. The van der Waals surface area contributed by atoms with E-state index in [-0.39, 0.29) is 29.8 Å². The van der Waals surface area contributed by atoms with Crippen molar-refractivity contribution in [2.75, 3.05) is 6.54 Å². The summed E-state index contributed by atoms with van der Waals surface area (Å²) in [6.07, 6.45) is 9.45. The maximum atomic E-state index is 13.2. The summed E-state index contributed by atoms with van der Waals surface area (Å²) >= 11 is 0. The maximum Gasteiger partial charge on any atom is 0.325 e. The fourth-order valence-corrected chi connectivity index (χ4v) is 6.80. The Bertz CT molecular complexity index is 710. The van der Waals surface area contributed by atoms with E-state index in [0.29, 0.717) is 24.7 Å². The third-order valence-electron chi connectivity index (χ3n) is 9.23. The summed E-state index contributed by atoms with van der Waals surface area (Å²) in [5.41, 5.74) is -0.545. The molecule has 4 rings (SSSR count). The molecule has 0 aromatic rings. The Labute approximate surface area is 180 Å². The second kappa shape index (κ2) is 7.83. The first-order valence-electron chi connectivity index (χ1n) is 12.1. The van der Waals surface area contributed by atoms with Gasteiger partial charge in [-0.15, -0.1) is 0 Å². The number of carbonyl (C=O) groups excluding carboxylic acids is 3. The predicted molar refractivity (Wildman–Crippen MR) is 116 cm³/mol. The van der Waals surface area contributed by atoms with Gasteiger partial charge in [0, 0.05) is 6.04 Å². The molecule has 2 N–H and O–H groups in total. The smallest absolute Gasteiger partial charge is 0.325 e. The van der Waals surface area contributed by atoms with E-state index in [1.165, 1.54) is 25.7 Å². The molecular weight excluding hydrogens is 378 g/mol. The monoisotopic (exact) mass is 417 g/mol. The predicted octanol–water partition coefficient (Wildman–Crippen LogP) is 3.84. The molecule has 1 spiro atoms. The van der Waals surface area contributed by atoms with Gasteiger partial charge in [-0.05, 0) is 81.0 Å². The number of nitrogens with one attached hydrogen (secondary N) is 2. The third-order valence-corrected chi connectivity index (χ3v) is 9.23. The van der Waals surface area contributed by atoms with Crippen LogP contribution < -0.4 is 10.6 Å². The fourth-order valence-electron chi connectivity index (χ4n) is 6.80. The molecule has 1 aliphatic heterocycles. The van der Waals surface area contributed by atoms with Crippen LogP contribution >= 0.6 is 0 Å². The number of amides is 4. The number of urea groups is 1. The van der Waals surface area contributed by atoms with Gasteiger partial charge in [-0.2, -0.15) is 0 Å². The lowest BCUT2D eigenvalue weighted by molar-refractivity contribution is -0.136. The van der Waals surface area contributed by atoms with E-state index in [1.54, 1.807) is 0 Å². The van der Waals surface area contributed by atoms with Crippen LogP contribution in [0.5, 0.6) is 0 Å². The molecule has 168 valence electrons. The number of hydrogen-bond acceptors (Lipinski definition) is 3. The average molecular weight is 418 g/mol. The number of hydrogen-bond donors (Lipinski definition) is 2. The van der Waals surface area contributed by atoms with Crippen molar-refractivity contribution in [2.24, 2.45) is 29.1 Å². The molecule has 0 radical (unpaired) electrons. The number of rotatable bonds is 6. The van der Waals surface area contributed by atoms with Gasteiger partial charge in [0.15, 0.2) is 0 Å². The molecule has 3 aliphatic carbocycles. The van der Waals surface area contributed by atoms with Crippen LogP contribution in [0.25, 0.3) is 0 Å². The zero-order valence-corrected chi connectivity index (χ0v) is 19.1. The quantitative estimate of drug-likeness (QED) is 0.645. The van der Waals surface area contributed by atoms with Crippen LogP contribution in [-0.2, 0) is 9.59 Å². The highest BCUT2D eigenvalue weighted by Crippen LogP contribution is 2.49. The lowest BCUT2D eigenvalue weighted by Crippen LogP contribution is -2.51. The zero-order chi connectivity index (χ0) is 21.7. The van der Waals surface area contributed by atoms with Crippen LogP contribution in [0.15, 0.2) is 0 Å². The molecule has 6 heteroatoms. The Morgan fingerprint density at radius 1 is 1.20 bits per heavy atom. The Morgan fingerprint density at radius 3 is 2.47 bits per heavy atom. The summed E-state index contributed by atoms with van der Waals surface area (Å²) in [4.78, 5) is 39.6. The molecule has 1 saturated heterocycles. The van der Waals surface area contributed by atoms with Gasteiger partial charge in [-0.25, -0.2) is 4.79 Å². The molecule has 0 aromatic carbocycles. The van der Waals surface area contributed by atoms with Gasteiger partial charge in [0.25, 0.3) is 5.91 Å².